The Kier molecular flexibility index (Phi) is 6.44. The Bertz CT molecular complexity index is 327. The van der Waals surface area contributed by atoms with Crippen LogP contribution in [0.5, 0.6) is 0 Å². The van der Waals surface area contributed by atoms with Crippen molar-refractivity contribution in [2.75, 3.05) is 19.8 Å². The lowest BCUT2D eigenvalue weighted by Gasteiger charge is -2.13. The minimum atomic E-state index is -0.757. The number of nitrogens with zero attached hydrogens (tertiary/aromatic N) is 1. The van der Waals surface area contributed by atoms with Gasteiger partial charge in [0.1, 0.15) is 6.61 Å². The topological polar surface area (TPSA) is 82.1 Å². The SMILES string of the molecule is CCOC(C)CCOCC(=O)ON1C(=O)CCC1=O. The van der Waals surface area contributed by atoms with Crippen molar-refractivity contribution in [2.24, 2.45) is 0 Å². The molecule has 108 valence electrons. The zero-order valence-electron chi connectivity index (χ0n) is 11.2. The van der Waals surface area contributed by atoms with E-state index in [1.165, 1.54) is 0 Å². The molecule has 19 heavy (non-hydrogen) atoms. The van der Waals surface area contributed by atoms with Crippen LogP contribution in [0.4, 0.5) is 0 Å². The number of carbonyl (C=O) groups is 3. The van der Waals surface area contributed by atoms with Crippen LogP contribution >= 0.6 is 0 Å². The fraction of sp³-hybridized carbons (Fsp3) is 0.750. The highest BCUT2D eigenvalue weighted by Crippen LogP contribution is 2.12. The Labute approximate surface area is 111 Å². The van der Waals surface area contributed by atoms with E-state index in [9.17, 15) is 14.4 Å². The second-order valence-electron chi connectivity index (χ2n) is 4.15. The van der Waals surface area contributed by atoms with Crippen molar-refractivity contribution in [2.45, 2.75) is 39.2 Å². The molecule has 1 atom stereocenters. The molecule has 0 aromatic carbocycles. The van der Waals surface area contributed by atoms with Gasteiger partial charge in [-0.05, 0) is 20.3 Å². The fourth-order valence-electron chi connectivity index (χ4n) is 1.56. The first-order valence-electron chi connectivity index (χ1n) is 6.30. The highest BCUT2D eigenvalue weighted by atomic mass is 16.7. The maximum atomic E-state index is 11.3. The van der Waals surface area contributed by atoms with Crippen molar-refractivity contribution >= 4 is 17.8 Å². The lowest BCUT2D eigenvalue weighted by Crippen LogP contribution is -2.33. The van der Waals surface area contributed by atoms with Gasteiger partial charge in [-0.2, -0.15) is 0 Å². The number of rotatable bonds is 8. The lowest BCUT2D eigenvalue weighted by molar-refractivity contribution is -0.200. The Balaban J connectivity index is 2.14. The van der Waals surface area contributed by atoms with E-state index in [0.717, 1.165) is 0 Å². The van der Waals surface area contributed by atoms with Gasteiger partial charge in [0.25, 0.3) is 11.8 Å². The van der Waals surface area contributed by atoms with Gasteiger partial charge in [-0.3, -0.25) is 9.59 Å². The van der Waals surface area contributed by atoms with Gasteiger partial charge in [0.05, 0.1) is 6.10 Å². The largest absolute Gasteiger partial charge is 0.379 e. The zero-order valence-corrected chi connectivity index (χ0v) is 11.2. The quantitative estimate of drug-likeness (QED) is 0.471. The summed E-state index contributed by atoms with van der Waals surface area (Å²) in [6.07, 6.45) is 0.878. The molecule has 1 rings (SSSR count). The third-order valence-electron chi connectivity index (χ3n) is 2.54. The molecule has 0 aromatic heterocycles. The molecule has 1 saturated heterocycles. The predicted molar refractivity (Wildman–Crippen MR) is 63.7 cm³/mol. The predicted octanol–water partition coefficient (Wildman–Crippen LogP) is 0.425. The summed E-state index contributed by atoms with van der Waals surface area (Å²) < 4.78 is 10.4. The van der Waals surface area contributed by atoms with Gasteiger partial charge in [0.2, 0.25) is 0 Å². The van der Waals surface area contributed by atoms with E-state index >= 15 is 0 Å². The molecule has 0 bridgehead atoms. The van der Waals surface area contributed by atoms with Crippen LogP contribution in [0.2, 0.25) is 0 Å². The van der Waals surface area contributed by atoms with Crippen molar-refractivity contribution in [1.29, 1.82) is 0 Å². The molecule has 1 unspecified atom stereocenters. The normalized spacial score (nSPS) is 16.8. The Morgan fingerprint density at radius 2 is 1.95 bits per heavy atom. The van der Waals surface area contributed by atoms with Gasteiger partial charge in [0, 0.05) is 26.1 Å². The van der Waals surface area contributed by atoms with E-state index in [4.69, 9.17) is 9.47 Å². The van der Waals surface area contributed by atoms with Gasteiger partial charge >= 0.3 is 5.97 Å². The van der Waals surface area contributed by atoms with Gasteiger partial charge in [-0.15, -0.1) is 5.06 Å². The number of amides is 2. The first-order valence-corrected chi connectivity index (χ1v) is 6.30. The summed E-state index contributed by atoms with van der Waals surface area (Å²) in [4.78, 5) is 38.3. The second-order valence-corrected chi connectivity index (χ2v) is 4.15. The molecule has 0 aliphatic carbocycles. The average molecular weight is 273 g/mol. The number of hydrogen-bond acceptors (Lipinski definition) is 6. The average Bonchev–Trinajstić information content (AvgIpc) is 2.67. The van der Waals surface area contributed by atoms with Crippen molar-refractivity contribution in [1.82, 2.24) is 5.06 Å². The van der Waals surface area contributed by atoms with Crippen LogP contribution in [0.15, 0.2) is 0 Å². The molecule has 2 amide bonds. The van der Waals surface area contributed by atoms with Crippen LogP contribution in [0, 0.1) is 0 Å². The van der Waals surface area contributed by atoms with E-state index < -0.39 is 17.8 Å². The summed E-state index contributed by atoms with van der Waals surface area (Å²) in [5, 5.41) is 0.508. The molecule has 0 spiro atoms. The smallest absolute Gasteiger partial charge is 0.358 e. The molecule has 0 aromatic rings. The van der Waals surface area contributed by atoms with Crippen molar-refractivity contribution in [3.63, 3.8) is 0 Å². The zero-order chi connectivity index (χ0) is 14.3. The number of ether oxygens (including phenoxy) is 2. The summed E-state index contributed by atoms with van der Waals surface area (Å²) in [7, 11) is 0. The summed E-state index contributed by atoms with van der Waals surface area (Å²) in [5.74, 6) is -1.75. The van der Waals surface area contributed by atoms with Crippen molar-refractivity contribution in [3.05, 3.63) is 0 Å². The molecule has 1 fully saturated rings. The van der Waals surface area contributed by atoms with Crippen LogP contribution in [-0.2, 0) is 28.7 Å². The summed E-state index contributed by atoms with van der Waals surface area (Å²) >= 11 is 0. The molecule has 0 N–H and O–H groups in total. The van der Waals surface area contributed by atoms with Crippen LogP contribution in [-0.4, -0.2) is 48.8 Å². The van der Waals surface area contributed by atoms with Crippen LogP contribution < -0.4 is 0 Å². The van der Waals surface area contributed by atoms with Crippen LogP contribution in [0.3, 0.4) is 0 Å². The molecule has 1 heterocycles. The summed E-state index contributed by atoms with van der Waals surface area (Å²) in [5.41, 5.74) is 0. The van der Waals surface area contributed by atoms with Crippen LogP contribution in [0.1, 0.15) is 33.1 Å². The maximum Gasteiger partial charge on any atom is 0.358 e. The minimum absolute atomic E-state index is 0.0581. The standard InChI is InChI=1S/C12H19NO6/c1-3-18-9(2)6-7-17-8-12(16)19-13-10(14)4-5-11(13)15/h9H,3-8H2,1-2H3. The summed E-state index contributed by atoms with van der Waals surface area (Å²) in [6.45, 7) is 4.49. The molecule has 0 saturated carbocycles. The number of hydrogen-bond donors (Lipinski definition) is 0. The third kappa shape index (κ3) is 5.35. The van der Waals surface area contributed by atoms with Gasteiger partial charge < -0.3 is 14.3 Å². The number of hydroxylamine groups is 2. The molecular formula is C12H19NO6. The first kappa shape index (κ1) is 15.6. The molecule has 7 nitrogen and oxygen atoms in total. The second kappa shape index (κ2) is 7.85. The highest BCUT2D eigenvalue weighted by molar-refractivity contribution is 6.01. The van der Waals surface area contributed by atoms with Gasteiger partial charge in [0.15, 0.2) is 0 Å². The monoisotopic (exact) mass is 273 g/mol. The van der Waals surface area contributed by atoms with E-state index in [-0.39, 0.29) is 25.6 Å². The van der Waals surface area contributed by atoms with Crippen LogP contribution in [0.25, 0.3) is 0 Å². The molecular weight excluding hydrogens is 254 g/mol. The number of carbonyl (C=O) groups excluding carboxylic acids is 3. The maximum absolute atomic E-state index is 11.3. The Morgan fingerprint density at radius 3 is 2.53 bits per heavy atom. The fourth-order valence-corrected chi connectivity index (χ4v) is 1.56. The molecule has 7 heteroatoms. The van der Waals surface area contributed by atoms with Gasteiger partial charge in [-0.25, -0.2) is 4.79 Å². The van der Waals surface area contributed by atoms with E-state index in [1.807, 2.05) is 13.8 Å². The Morgan fingerprint density at radius 1 is 1.32 bits per heavy atom. The minimum Gasteiger partial charge on any atom is -0.379 e. The van der Waals surface area contributed by atoms with E-state index in [1.54, 1.807) is 0 Å². The summed E-state index contributed by atoms with van der Waals surface area (Å²) in [6, 6.07) is 0. The van der Waals surface area contributed by atoms with E-state index in [0.29, 0.717) is 24.7 Å². The first-order chi connectivity index (χ1) is 9.04. The molecule has 1 aliphatic heterocycles. The highest BCUT2D eigenvalue weighted by Gasteiger charge is 2.32. The van der Waals surface area contributed by atoms with E-state index in [2.05, 4.69) is 4.84 Å². The third-order valence-corrected chi connectivity index (χ3v) is 2.54. The van der Waals surface area contributed by atoms with Crippen molar-refractivity contribution < 1.29 is 28.7 Å². The molecule has 0 radical (unpaired) electrons. The van der Waals surface area contributed by atoms with Gasteiger partial charge in [-0.1, -0.05) is 0 Å². The molecule has 1 aliphatic rings. The number of imide groups is 1. The Hall–Kier alpha value is -1.47. The van der Waals surface area contributed by atoms with Crippen molar-refractivity contribution in [3.8, 4) is 0 Å². The lowest BCUT2D eigenvalue weighted by atomic mass is 10.3.